The average Bonchev–Trinajstić information content (AvgIpc) is 2.57. The Bertz CT molecular complexity index is 473. The third-order valence-electron chi connectivity index (χ3n) is 3.18. The summed E-state index contributed by atoms with van der Waals surface area (Å²) >= 11 is 0. The Kier molecular flexibility index (Phi) is 4.15. The predicted octanol–water partition coefficient (Wildman–Crippen LogP) is 0.555. The second kappa shape index (κ2) is 5.82. The van der Waals surface area contributed by atoms with Crippen LogP contribution in [0, 0.1) is 6.92 Å². The summed E-state index contributed by atoms with van der Waals surface area (Å²) < 4.78 is 0. The molecule has 0 radical (unpaired) electrons. The minimum atomic E-state index is -0.325. The number of aryl methyl sites for hydroxylation is 1. The Morgan fingerprint density at radius 2 is 2.22 bits per heavy atom. The molecule has 0 aliphatic carbocycles. The molecule has 2 heterocycles. The molecule has 1 amide bonds. The molecule has 1 fully saturated rings. The van der Waals surface area contributed by atoms with Gasteiger partial charge in [0.05, 0.1) is 0 Å². The lowest BCUT2D eigenvalue weighted by Crippen LogP contribution is -2.42. The van der Waals surface area contributed by atoms with E-state index in [1.807, 2.05) is 0 Å². The normalized spacial score (nSPS) is 20.2. The van der Waals surface area contributed by atoms with Gasteiger partial charge in [0.15, 0.2) is 0 Å². The van der Waals surface area contributed by atoms with Crippen LogP contribution < -0.4 is 16.2 Å². The zero-order valence-corrected chi connectivity index (χ0v) is 10.6. The summed E-state index contributed by atoms with van der Waals surface area (Å²) in [5, 5.41) is 6.19. The van der Waals surface area contributed by atoms with E-state index in [0.29, 0.717) is 0 Å². The molecular weight excluding hydrogens is 230 g/mol. The molecule has 1 atom stereocenters. The van der Waals surface area contributed by atoms with Crippen LogP contribution in [0.1, 0.15) is 35.3 Å². The minimum Gasteiger partial charge on any atom is -0.348 e. The van der Waals surface area contributed by atoms with Crippen molar-refractivity contribution in [2.45, 2.75) is 32.2 Å². The zero-order chi connectivity index (χ0) is 13.0. The van der Waals surface area contributed by atoms with Gasteiger partial charge in [-0.2, -0.15) is 0 Å². The fraction of sp³-hybridized carbons (Fsp3) is 0.538. The first-order chi connectivity index (χ1) is 8.66. The highest BCUT2D eigenvalue weighted by molar-refractivity contribution is 5.94. The molecule has 5 heteroatoms. The molecule has 2 rings (SSSR count). The highest BCUT2D eigenvalue weighted by Crippen LogP contribution is 2.05. The molecule has 0 bridgehead atoms. The number of amides is 1. The lowest BCUT2D eigenvalue weighted by atomic mass is 10.1. The maximum atomic E-state index is 12.0. The standard InChI is InChI=1S/C13H19N3O2/c1-9-5-6-11(12(17)15-9)13(18)16-10-4-2-3-7-14-8-10/h5-6,10,14H,2-4,7-8H2,1H3,(H,15,17)(H,16,18). The van der Waals surface area contributed by atoms with Gasteiger partial charge in [-0.3, -0.25) is 9.59 Å². The molecule has 5 nitrogen and oxygen atoms in total. The number of carbonyl (C=O) groups excluding carboxylic acids is 1. The largest absolute Gasteiger partial charge is 0.348 e. The molecule has 1 aliphatic heterocycles. The molecule has 1 aromatic rings. The van der Waals surface area contributed by atoms with Gasteiger partial charge in [0.2, 0.25) is 0 Å². The van der Waals surface area contributed by atoms with Crippen LogP contribution in [0.5, 0.6) is 0 Å². The summed E-state index contributed by atoms with van der Waals surface area (Å²) in [4.78, 5) is 26.3. The number of aromatic amines is 1. The topological polar surface area (TPSA) is 74.0 Å². The van der Waals surface area contributed by atoms with Crippen LogP contribution in [0.15, 0.2) is 16.9 Å². The zero-order valence-electron chi connectivity index (χ0n) is 10.6. The lowest BCUT2D eigenvalue weighted by molar-refractivity contribution is 0.0934. The van der Waals surface area contributed by atoms with Gasteiger partial charge in [0.25, 0.3) is 11.5 Å². The Balaban J connectivity index is 2.04. The van der Waals surface area contributed by atoms with Gasteiger partial charge >= 0.3 is 0 Å². The Morgan fingerprint density at radius 3 is 3.00 bits per heavy atom. The number of carbonyl (C=O) groups is 1. The fourth-order valence-electron chi connectivity index (χ4n) is 2.16. The Hall–Kier alpha value is -1.62. The number of nitrogens with one attached hydrogen (secondary N) is 3. The van der Waals surface area contributed by atoms with Gasteiger partial charge in [-0.05, 0) is 38.4 Å². The molecule has 0 saturated carbocycles. The van der Waals surface area contributed by atoms with E-state index in [2.05, 4.69) is 15.6 Å². The number of rotatable bonds is 2. The molecule has 1 unspecified atom stereocenters. The number of aromatic nitrogens is 1. The van der Waals surface area contributed by atoms with Crippen molar-refractivity contribution in [1.29, 1.82) is 0 Å². The number of hydrogen-bond donors (Lipinski definition) is 3. The maximum absolute atomic E-state index is 12.0. The van der Waals surface area contributed by atoms with Crippen molar-refractivity contribution in [3.8, 4) is 0 Å². The quantitative estimate of drug-likeness (QED) is 0.717. The van der Waals surface area contributed by atoms with Crippen LogP contribution in [0.3, 0.4) is 0 Å². The van der Waals surface area contributed by atoms with E-state index >= 15 is 0 Å². The first kappa shape index (κ1) is 12.8. The lowest BCUT2D eigenvalue weighted by Gasteiger charge is -2.16. The van der Waals surface area contributed by atoms with E-state index in [1.54, 1.807) is 19.1 Å². The first-order valence-corrected chi connectivity index (χ1v) is 6.38. The molecule has 3 N–H and O–H groups in total. The van der Waals surface area contributed by atoms with Gasteiger partial charge in [-0.1, -0.05) is 6.42 Å². The smallest absolute Gasteiger partial charge is 0.260 e. The molecule has 18 heavy (non-hydrogen) atoms. The number of pyridine rings is 1. The van der Waals surface area contributed by atoms with Crippen LogP contribution in [-0.4, -0.2) is 30.0 Å². The van der Waals surface area contributed by atoms with E-state index < -0.39 is 0 Å². The predicted molar refractivity (Wildman–Crippen MR) is 69.8 cm³/mol. The molecule has 1 aliphatic rings. The molecule has 0 aromatic carbocycles. The van der Waals surface area contributed by atoms with Crippen molar-refractivity contribution < 1.29 is 4.79 Å². The van der Waals surface area contributed by atoms with E-state index in [1.165, 1.54) is 0 Å². The van der Waals surface area contributed by atoms with E-state index in [-0.39, 0.29) is 23.1 Å². The van der Waals surface area contributed by atoms with Crippen LogP contribution in [0.4, 0.5) is 0 Å². The van der Waals surface area contributed by atoms with Gasteiger partial charge in [0.1, 0.15) is 5.56 Å². The van der Waals surface area contributed by atoms with Gasteiger partial charge < -0.3 is 15.6 Å². The van der Waals surface area contributed by atoms with Gasteiger partial charge in [-0.25, -0.2) is 0 Å². The maximum Gasteiger partial charge on any atom is 0.260 e. The van der Waals surface area contributed by atoms with Crippen molar-refractivity contribution in [2.24, 2.45) is 0 Å². The van der Waals surface area contributed by atoms with Crippen molar-refractivity contribution >= 4 is 5.91 Å². The SMILES string of the molecule is Cc1ccc(C(=O)NC2CCCCNC2)c(=O)[nH]1. The summed E-state index contributed by atoms with van der Waals surface area (Å²) in [6.07, 6.45) is 3.20. The molecule has 1 aromatic heterocycles. The summed E-state index contributed by atoms with van der Waals surface area (Å²) in [6, 6.07) is 3.43. The average molecular weight is 249 g/mol. The summed E-state index contributed by atoms with van der Waals surface area (Å²) in [5.41, 5.74) is 0.617. The second-order valence-electron chi connectivity index (χ2n) is 4.75. The monoisotopic (exact) mass is 249 g/mol. The third kappa shape index (κ3) is 3.20. The number of H-pyrrole nitrogens is 1. The Morgan fingerprint density at radius 1 is 1.39 bits per heavy atom. The van der Waals surface area contributed by atoms with E-state index in [9.17, 15) is 9.59 Å². The molecule has 1 saturated heterocycles. The van der Waals surface area contributed by atoms with Crippen molar-refractivity contribution in [1.82, 2.24) is 15.6 Å². The highest BCUT2D eigenvalue weighted by Gasteiger charge is 2.17. The first-order valence-electron chi connectivity index (χ1n) is 6.38. The van der Waals surface area contributed by atoms with Gasteiger partial charge in [-0.15, -0.1) is 0 Å². The van der Waals surface area contributed by atoms with E-state index in [4.69, 9.17) is 0 Å². The van der Waals surface area contributed by atoms with Crippen molar-refractivity contribution in [3.63, 3.8) is 0 Å². The molecule has 98 valence electrons. The molecule has 0 spiro atoms. The van der Waals surface area contributed by atoms with Crippen molar-refractivity contribution in [3.05, 3.63) is 33.7 Å². The summed E-state index contributed by atoms with van der Waals surface area (Å²) in [7, 11) is 0. The summed E-state index contributed by atoms with van der Waals surface area (Å²) in [6.45, 7) is 3.56. The van der Waals surface area contributed by atoms with Gasteiger partial charge in [0, 0.05) is 18.3 Å². The van der Waals surface area contributed by atoms with Crippen LogP contribution in [0.2, 0.25) is 0 Å². The second-order valence-corrected chi connectivity index (χ2v) is 4.75. The van der Waals surface area contributed by atoms with Crippen LogP contribution in [-0.2, 0) is 0 Å². The minimum absolute atomic E-state index is 0.112. The number of hydrogen-bond acceptors (Lipinski definition) is 3. The third-order valence-corrected chi connectivity index (χ3v) is 3.18. The van der Waals surface area contributed by atoms with Crippen molar-refractivity contribution in [2.75, 3.05) is 13.1 Å². The Labute approximate surface area is 106 Å². The van der Waals surface area contributed by atoms with E-state index in [0.717, 1.165) is 38.0 Å². The van der Waals surface area contributed by atoms with Crippen LogP contribution in [0.25, 0.3) is 0 Å². The fourth-order valence-corrected chi connectivity index (χ4v) is 2.16. The molecular formula is C13H19N3O2. The summed E-state index contributed by atoms with van der Waals surface area (Å²) in [5.74, 6) is -0.287. The van der Waals surface area contributed by atoms with Crippen LogP contribution >= 0.6 is 0 Å². The highest BCUT2D eigenvalue weighted by atomic mass is 16.2.